The van der Waals surface area contributed by atoms with Crippen LogP contribution in [0, 0.1) is 0 Å². The minimum atomic E-state index is 0.504. The molecule has 0 amide bonds. The highest BCUT2D eigenvalue weighted by Gasteiger charge is 2.11. The summed E-state index contributed by atoms with van der Waals surface area (Å²) in [5, 5.41) is 6.60. The van der Waals surface area contributed by atoms with Crippen LogP contribution in [0.15, 0.2) is 41.4 Å². The summed E-state index contributed by atoms with van der Waals surface area (Å²) in [5.41, 5.74) is 1.92. The van der Waals surface area contributed by atoms with Crippen molar-refractivity contribution < 1.29 is 18.9 Å². The molecule has 0 radical (unpaired) electrons. The van der Waals surface area contributed by atoms with Crippen molar-refractivity contribution in [3.05, 3.63) is 42.0 Å². The van der Waals surface area contributed by atoms with Crippen LogP contribution in [0.25, 0.3) is 0 Å². The van der Waals surface area contributed by atoms with E-state index >= 15 is 0 Å². The van der Waals surface area contributed by atoms with Crippen LogP contribution in [0.3, 0.4) is 0 Å². The van der Waals surface area contributed by atoms with Gasteiger partial charge in [0, 0.05) is 24.7 Å². The van der Waals surface area contributed by atoms with Crippen LogP contribution < -0.4 is 29.6 Å². The molecule has 156 valence electrons. The molecule has 0 unspecified atom stereocenters. The second-order valence-electron chi connectivity index (χ2n) is 6.45. The van der Waals surface area contributed by atoms with Crippen LogP contribution in [0.1, 0.15) is 25.8 Å². The van der Waals surface area contributed by atoms with Crippen LogP contribution in [0.5, 0.6) is 23.0 Å². The second kappa shape index (κ2) is 10.5. The Bertz CT molecular complexity index is 839. The molecule has 3 rings (SSSR count). The van der Waals surface area contributed by atoms with Crippen molar-refractivity contribution in [3.63, 3.8) is 0 Å². The summed E-state index contributed by atoms with van der Waals surface area (Å²) in [5.74, 6) is 3.66. The third-order valence-electron chi connectivity index (χ3n) is 4.30. The lowest BCUT2D eigenvalue weighted by atomic mass is 10.2. The summed E-state index contributed by atoms with van der Waals surface area (Å²) in [4.78, 5) is 4.69. The van der Waals surface area contributed by atoms with Crippen molar-refractivity contribution in [1.82, 2.24) is 5.32 Å². The first-order valence-electron chi connectivity index (χ1n) is 9.98. The maximum atomic E-state index is 5.77. The van der Waals surface area contributed by atoms with Gasteiger partial charge in [0.05, 0.1) is 33.5 Å². The van der Waals surface area contributed by atoms with Gasteiger partial charge in [-0.15, -0.1) is 0 Å². The predicted molar refractivity (Wildman–Crippen MR) is 115 cm³/mol. The zero-order valence-electron chi connectivity index (χ0n) is 17.3. The van der Waals surface area contributed by atoms with Gasteiger partial charge in [0.25, 0.3) is 0 Å². The Kier molecular flexibility index (Phi) is 7.44. The number of hydrogen-bond donors (Lipinski definition) is 2. The Morgan fingerprint density at radius 3 is 2.62 bits per heavy atom. The quantitative estimate of drug-likeness (QED) is 0.545. The molecule has 0 aliphatic carbocycles. The number of benzene rings is 2. The number of ether oxygens (including phenoxy) is 4. The predicted octanol–water partition coefficient (Wildman–Crippen LogP) is 3.83. The standard InChI is InChI=1S/C22H29N3O4/c1-4-23-22(24-15-16-7-9-18(26-3)20(13-16)27-5-2)25-17-8-10-19-21(14-17)29-12-6-11-28-19/h7-10,13-14H,4-6,11-12,15H2,1-3H3,(H2,23,24,25). The average molecular weight is 399 g/mol. The zero-order valence-corrected chi connectivity index (χ0v) is 17.3. The van der Waals surface area contributed by atoms with Crippen molar-refractivity contribution >= 4 is 11.6 Å². The van der Waals surface area contributed by atoms with Gasteiger partial charge in [-0.2, -0.15) is 0 Å². The molecule has 0 spiro atoms. The topological polar surface area (TPSA) is 73.3 Å². The van der Waals surface area contributed by atoms with E-state index in [1.54, 1.807) is 7.11 Å². The first-order valence-corrected chi connectivity index (χ1v) is 9.98. The maximum Gasteiger partial charge on any atom is 0.196 e. The van der Waals surface area contributed by atoms with Crippen molar-refractivity contribution in [2.75, 3.05) is 38.8 Å². The fourth-order valence-corrected chi connectivity index (χ4v) is 2.94. The number of hydrogen-bond acceptors (Lipinski definition) is 5. The van der Waals surface area contributed by atoms with E-state index in [-0.39, 0.29) is 0 Å². The van der Waals surface area contributed by atoms with Gasteiger partial charge in [-0.05, 0) is 43.7 Å². The fraction of sp³-hybridized carbons (Fsp3) is 0.409. The number of methoxy groups -OCH3 is 1. The van der Waals surface area contributed by atoms with E-state index in [1.165, 1.54) is 0 Å². The van der Waals surface area contributed by atoms with Gasteiger partial charge in [-0.25, -0.2) is 4.99 Å². The molecule has 1 heterocycles. The Morgan fingerprint density at radius 1 is 1.03 bits per heavy atom. The van der Waals surface area contributed by atoms with E-state index in [2.05, 4.69) is 10.6 Å². The van der Waals surface area contributed by atoms with E-state index in [1.807, 2.05) is 50.2 Å². The summed E-state index contributed by atoms with van der Waals surface area (Å²) < 4.78 is 22.5. The van der Waals surface area contributed by atoms with Gasteiger partial charge >= 0.3 is 0 Å². The van der Waals surface area contributed by atoms with Crippen molar-refractivity contribution in [3.8, 4) is 23.0 Å². The van der Waals surface area contributed by atoms with E-state index in [4.69, 9.17) is 23.9 Å². The van der Waals surface area contributed by atoms with Crippen molar-refractivity contribution in [2.24, 2.45) is 4.99 Å². The number of guanidine groups is 1. The average Bonchev–Trinajstić information content (AvgIpc) is 2.97. The van der Waals surface area contributed by atoms with Crippen LogP contribution in [-0.2, 0) is 6.54 Å². The highest BCUT2D eigenvalue weighted by Crippen LogP contribution is 2.32. The summed E-state index contributed by atoms with van der Waals surface area (Å²) in [6.45, 7) is 7.16. The first-order chi connectivity index (χ1) is 14.2. The number of aliphatic imine (C=N–C) groups is 1. The molecular formula is C22H29N3O4. The molecule has 2 N–H and O–H groups in total. The number of rotatable bonds is 7. The molecule has 2 aromatic carbocycles. The molecule has 0 fully saturated rings. The van der Waals surface area contributed by atoms with Gasteiger partial charge in [0.1, 0.15) is 0 Å². The van der Waals surface area contributed by atoms with Crippen LogP contribution in [-0.4, -0.2) is 39.4 Å². The Labute approximate surface area is 172 Å². The van der Waals surface area contributed by atoms with Crippen LogP contribution >= 0.6 is 0 Å². The highest BCUT2D eigenvalue weighted by molar-refractivity contribution is 5.93. The summed E-state index contributed by atoms with van der Waals surface area (Å²) >= 11 is 0. The summed E-state index contributed by atoms with van der Waals surface area (Å²) in [6, 6.07) is 11.7. The third-order valence-corrected chi connectivity index (χ3v) is 4.30. The molecule has 29 heavy (non-hydrogen) atoms. The second-order valence-corrected chi connectivity index (χ2v) is 6.45. The molecule has 0 atom stereocenters. The van der Waals surface area contributed by atoms with E-state index < -0.39 is 0 Å². The van der Waals surface area contributed by atoms with E-state index in [0.717, 1.165) is 47.2 Å². The van der Waals surface area contributed by atoms with Gasteiger partial charge in [-0.3, -0.25) is 0 Å². The number of nitrogens with one attached hydrogen (secondary N) is 2. The molecule has 0 aromatic heterocycles. The molecule has 2 aromatic rings. The van der Waals surface area contributed by atoms with Gasteiger partial charge < -0.3 is 29.6 Å². The molecule has 1 aliphatic rings. The summed E-state index contributed by atoms with van der Waals surface area (Å²) in [6.07, 6.45) is 0.882. The monoisotopic (exact) mass is 399 g/mol. The molecule has 0 bridgehead atoms. The van der Waals surface area contributed by atoms with E-state index in [0.29, 0.717) is 32.3 Å². The zero-order chi connectivity index (χ0) is 20.5. The summed E-state index contributed by atoms with van der Waals surface area (Å²) in [7, 11) is 1.64. The Morgan fingerprint density at radius 2 is 1.86 bits per heavy atom. The fourth-order valence-electron chi connectivity index (χ4n) is 2.94. The molecule has 0 saturated carbocycles. The lowest BCUT2D eigenvalue weighted by Gasteiger charge is -2.14. The maximum absolute atomic E-state index is 5.77. The lowest BCUT2D eigenvalue weighted by Crippen LogP contribution is -2.30. The minimum Gasteiger partial charge on any atom is -0.493 e. The Balaban J connectivity index is 1.73. The minimum absolute atomic E-state index is 0.504. The normalized spacial score (nSPS) is 13.4. The molecule has 0 saturated heterocycles. The molecular weight excluding hydrogens is 370 g/mol. The number of nitrogens with zero attached hydrogens (tertiary/aromatic N) is 1. The Hall–Kier alpha value is -3.09. The largest absolute Gasteiger partial charge is 0.493 e. The lowest BCUT2D eigenvalue weighted by molar-refractivity contribution is 0.297. The van der Waals surface area contributed by atoms with Gasteiger partial charge in [-0.1, -0.05) is 6.07 Å². The van der Waals surface area contributed by atoms with Crippen LogP contribution in [0.4, 0.5) is 5.69 Å². The smallest absolute Gasteiger partial charge is 0.196 e. The molecule has 1 aliphatic heterocycles. The SMILES string of the molecule is CCNC(=NCc1ccc(OC)c(OCC)c1)Nc1ccc2c(c1)OCCCO2. The van der Waals surface area contributed by atoms with Gasteiger partial charge in [0.15, 0.2) is 29.0 Å². The van der Waals surface area contributed by atoms with Gasteiger partial charge in [0.2, 0.25) is 0 Å². The molecule has 7 heteroatoms. The molecule has 7 nitrogen and oxygen atoms in total. The highest BCUT2D eigenvalue weighted by atomic mass is 16.5. The van der Waals surface area contributed by atoms with Crippen molar-refractivity contribution in [1.29, 1.82) is 0 Å². The number of fused-ring (bicyclic) bond motifs is 1. The van der Waals surface area contributed by atoms with E-state index in [9.17, 15) is 0 Å². The number of anilines is 1. The third kappa shape index (κ3) is 5.70. The first kappa shape index (κ1) is 20.6. The van der Waals surface area contributed by atoms with Crippen LogP contribution in [0.2, 0.25) is 0 Å². The van der Waals surface area contributed by atoms with Crippen molar-refractivity contribution in [2.45, 2.75) is 26.8 Å².